The summed E-state index contributed by atoms with van der Waals surface area (Å²) in [5, 5.41) is 17.1. The van der Waals surface area contributed by atoms with Crippen LogP contribution in [0.25, 0.3) is 43.8 Å². The third kappa shape index (κ3) is 10.6. The minimum absolute atomic E-state index is 0. The van der Waals surface area contributed by atoms with Gasteiger partial charge in [0.1, 0.15) is 6.04 Å². The minimum atomic E-state index is -0.784. The van der Waals surface area contributed by atoms with Gasteiger partial charge in [0.2, 0.25) is 0 Å². The molecule has 5 nitrogen and oxygen atoms in total. The van der Waals surface area contributed by atoms with E-state index in [2.05, 4.69) is 150 Å². The van der Waals surface area contributed by atoms with Gasteiger partial charge < -0.3 is 15.3 Å². The number of fused-ring (bicyclic) bond motifs is 3. The topological polar surface area (TPSA) is 64.9 Å². The number of carboxylic acid groups (broad SMARTS) is 1. The second kappa shape index (κ2) is 20.1. The van der Waals surface area contributed by atoms with Crippen molar-refractivity contribution < 1.29 is 36.1 Å². The first-order valence-electron chi connectivity index (χ1n) is 15.7. The van der Waals surface area contributed by atoms with Crippen LogP contribution in [-0.2, 0) is 31.0 Å². The molecule has 2 heterocycles. The SMILES string of the molecule is Cc1cc2c(-c3ccccc3)cccc2[cH-]1.Cc1cc2c(-c3ccccc3)cccc2[cH-]1.Cl.Cl.O=C(O)C1CCN2CCCN=C2N1.[In].[Zr+2]. The number of aryl methyl sites for hydroxylation is 2. The van der Waals surface area contributed by atoms with E-state index in [1.54, 1.807) is 0 Å². The molecule has 6 aromatic carbocycles. The van der Waals surface area contributed by atoms with Crippen molar-refractivity contribution in [2.24, 2.45) is 4.99 Å². The van der Waals surface area contributed by atoms with Gasteiger partial charge >= 0.3 is 32.2 Å². The first-order valence-corrected chi connectivity index (χ1v) is 15.7. The molecule has 1 fully saturated rings. The zero-order valence-electron chi connectivity index (χ0n) is 27.8. The van der Waals surface area contributed by atoms with Gasteiger partial charge in [0.15, 0.2) is 5.96 Å². The molecule has 9 heteroatoms. The van der Waals surface area contributed by atoms with Crippen molar-refractivity contribution in [2.75, 3.05) is 19.6 Å². The number of nitrogens with zero attached hydrogens (tertiary/aromatic N) is 2. The first kappa shape index (κ1) is 42.3. The summed E-state index contributed by atoms with van der Waals surface area (Å²) >= 11 is 0. The van der Waals surface area contributed by atoms with Crippen LogP contribution in [0.3, 0.4) is 0 Å². The molecule has 1 unspecified atom stereocenters. The third-order valence-corrected chi connectivity index (χ3v) is 8.40. The number of nitrogens with one attached hydrogen (secondary N) is 1. The Hall–Kier alpha value is -2.83. The summed E-state index contributed by atoms with van der Waals surface area (Å²) in [6.45, 7) is 6.91. The predicted molar refractivity (Wildman–Crippen MR) is 207 cm³/mol. The van der Waals surface area contributed by atoms with E-state index in [1.807, 2.05) is 0 Å². The third-order valence-electron chi connectivity index (χ3n) is 8.40. The summed E-state index contributed by atoms with van der Waals surface area (Å²) in [6.07, 6.45) is 1.73. The number of aliphatic imine (C=N–C) groups is 1. The van der Waals surface area contributed by atoms with Gasteiger partial charge in [-0.05, 0) is 24.0 Å². The minimum Gasteiger partial charge on any atom is -0.480 e. The monoisotopic (exact) mass is 870 g/mol. The van der Waals surface area contributed by atoms with Gasteiger partial charge in [0.05, 0.1) is 0 Å². The fourth-order valence-electron chi connectivity index (χ4n) is 6.21. The number of carbonyl (C=O) groups is 1. The fourth-order valence-corrected chi connectivity index (χ4v) is 6.21. The number of hydrogen-bond donors (Lipinski definition) is 2. The zero-order valence-corrected chi connectivity index (χ0v) is 35.2. The van der Waals surface area contributed by atoms with Crippen molar-refractivity contribution >= 4 is 84.1 Å². The van der Waals surface area contributed by atoms with E-state index in [4.69, 9.17) is 5.11 Å². The Labute approximate surface area is 339 Å². The van der Waals surface area contributed by atoms with Crippen LogP contribution >= 0.6 is 24.8 Å². The second-order valence-corrected chi connectivity index (χ2v) is 11.8. The predicted octanol–water partition coefficient (Wildman–Crippen LogP) is 9.02. The summed E-state index contributed by atoms with van der Waals surface area (Å²) in [4.78, 5) is 17.1. The van der Waals surface area contributed by atoms with E-state index in [1.165, 1.54) is 54.9 Å². The molecule has 2 N–H and O–H groups in total. The molecule has 6 aromatic rings. The van der Waals surface area contributed by atoms with Crippen LogP contribution in [0, 0.1) is 13.8 Å². The van der Waals surface area contributed by atoms with Crippen molar-refractivity contribution in [2.45, 2.75) is 32.7 Å². The number of carboxylic acids is 1. The smallest absolute Gasteiger partial charge is 0.480 e. The molecule has 249 valence electrons. The number of hydrogen-bond acceptors (Lipinski definition) is 4. The maximum absolute atomic E-state index is 10.7. The summed E-state index contributed by atoms with van der Waals surface area (Å²) in [7, 11) is 0. The first-order chi connectivity index (χ1) is 22.0. The number of halogens is 2. The van der Waals surface area contributed by atoms with Gasteiger partial charge in [0.25, 0.3) is 0 Å². The molecular formula is C40H41Cl2InN3O2Zr. The Morgan fingerprint density at radius 3 is 1.71 bits per heavy atom. The molecule has 8 rings (SSSR count). The van der Waals surface area contributed by atoms with Crippen LogP contribution in [-0.4, -0.2) is 73.5 Å². The standard InChI is InChI=1S/2C16H13.C8H13N3O2.2ClH.In.Zr/c2*1-12-10-14-8-5-9-15(16(14)11-12)13-6-3-2-4-7-13;12-7(13)6-2-5-11-4-1-3-9-8(11)10-6;;;;/h2*2-11H,1H3;6H,1-5H2,(H,9,10)(H,12,13);2*1H;;/q2*-1;;;;;+2. The van der Waals surface area contributed by atoms with E-state index in [9.17, 15) is 4.79 Å². The largest absolute Gasteiger partial charge is 2.00 e. The van der Waals surface area contributed by atoms with E-state index < -0.39 is 12.0 Å². The molecule has 3 radical (unpaired) electrons. The Morgan fingerprint density at radius 2 is 1.24 bits per heavy atom. The van der Waals surface area contributed by atoms with Crippen LogP contribution in [0.2, 0.25) is 0 Å². The molecule has 2 aliphatic heterocycles. The summed E-state index contributed by atoms with van der Waals surface area (Å²) < 4.78 is 0. The van der Waals surface area contributed by atoms with E-state index in [0.717, 1.165) is 32.0 Å². The van der Waals surface area contributed by atoms with Crippen molar-refractivity contribution in [3.05, 3.63) is 132 Å². The summed E-state index contributed by atoms with van der Waals surface area (Å²) in [5.41, 5.74) is 7.89. The zero-order chi connectivity index (χ0) is 31.2. The van der Waals surface area contributed by atoms with Gasteiger partial charge in [0, 0.05) is 45.5 Å². The molecule has 2 aliphatic rings. The number of guanidine groups is 1. The van der Waals surface area contributed by atoms with Crippen molar-refractivity contribution in [1.82, 2.24) is 10.2 Å². The number of benzene rings is 4. The Bertz CT molecular complexity index is 1830. The van der Waals surface area contributed by atoms with Crippen molar-refractivity contribution in [3.63, 3.8) is 0 Å². The Morgan fingerprint density at radius 1 is 0.755 bits per heavy atom. The Balaban J connectivity index is 0.000000247. The normalized spacial score (nSPS) is 14.3. The van der Waals surface area contributed by atoms with E-state index in [0.29, 0.717) is 6.42 Å². The molecule has 0 amide bonds. The maximum Gasteiger partial charge on any atom is 2.00 e. The van der Waals surface area contributed by atoms with Crippen molar-refractivity contribution in [1.29, 1.82) is 0 Å². The van der Waals surface area contributed by atoms with Crippen LogP contribution in [0.1, 0.15) is 24.0 Å². The summed E-state index contributed by atoms with van der Waals surface area (Å²) in [5.74, 6) is -0.0159. The van der Waals surface area contributed by atoms with Gasteiger partial charge in [-0.3, -0.25) is 4.99 Å². The van der Waals surface area contributed by atoms with Gasteiger partial charge in [-0.1, -0.05) is 97.8 Å². The van der Waals surface area contributed by atoms with Crippen LogP contribution in [0.15, 0.2) is 126 Å². The maximum atomic E-state index is 10.7. The van der Waals surface area contributed by atoms with E-state index in [-0.39, 0.29) is 76.9 Å². The molecular weight excluding hydrogens is 831 g/mol. The van der Waals surface area contributed by atoms with Gasteiger partial charge in [-0.25, -0.2) is 4.79 Å². The molecule has 1 atom stereocenters. The molecule has 0 bridgehead atoms. The number of rotatable bonds is 3. The van der Waals surface area contributed by atoms with E-state index >= 15 is 0 Å². The summed E-state index contributed by atoms with van der Waals surface area (Å²) in [6, 6.07) is 42.7. The van der Waals surface area contributed by atoms with Gasteiger partial charge in [-0.15, -0.1) is 93.9 Å². The second-order valence-electron chi connectivity index (χ2n) is 11.8. The number of aliphatic carboxylic acids is 1. The average Bonchev–Trinajstić information content (AvgIpc) is 3.66. The molecule has 49 heavy (non-hydrogen) atoms. The van der Waals surface area contributed by atoms with Crippen LogP contribution < -0.4 is 5.32 Å². The molecule has 0 aromatic heterocycles. The van der Waals surface area contributed by atoms with Crippen molar-refractivity contribution in [3.8, 4) is 22.3 Å². The quantitative estimate of drug-likeness (QED) is 0.175. The molecule has 0 spiro atoms. The van der Waals surface area contributed by atoms with Gasteiger partial charge in [-0.2, -0.15) is 12.1 Å². The van der Waals surface area contributed by atoms with Crippen LogP contribution in [0.4, 0.5) is 0 Å². The molecule has 1 saturated heterocycles. The average molecular weight is 873 g/mol. The van der Waals surface area contributed by atoms with Crippen LogP contribution in [0.5, 0.6) is 0 Å². The molecule has 0 aliphatic carbocycles. The molecule has 0 saturated carbocycles. The fraction of sp³-hybridized carbons (Fsp3) is 0.200. The Kier molecular flexibility index (Phi) is 17.4.